The number of carbonyl (C=O) groups is 3. The van der Waals surface area contributed by atoms with Crippen molar-refractivity contribution in [1.29, 1.82) is 0 Å². The second-order valence-corrected chi connectivity index (χ2v) is 11.2. The zero-order chi connectivity index (χ0) is 29.2. The standard InChI is InChI=1S/C32H27N5O4/c1-17(2)29(39)33-23-13-11-22-28-20(23)7-6-8-21(28)30(40)36(31(22)41)19-10-12-24-25(16-19)35-37(34-24)26-15-18(32(3,4)5)9-14-27(26)38/h6-16,38H,1H2,2-5H3,(H,33,39). The fourth-order valence-electron chi connectivity index (χ4n) is 4.97. The fourth-order valence-corrected chi connectivity index (χ4v) is 4.97. The van der Waals surface area contributed by atoms with E-state index in [1.54, 1.807) is 61.5 Å². The molecule has 9 heteroatoms. The molecule has 41 heavy (non-hydrogen) atoms. The summed E-state index contributed by atoms with van der Waals surface area (Å²) >= 11 is 0. The predicted octanol–water partition coefficient (Wildman–Crippen LogP) is 5.89. The number of hydrogen-bond acceptors (Lipinski definition) is 6. The Labute approximate surface area is 235 Å². The largest absolute Gasteiger partial charge is 0.506 e. The van der Waals surface area contributed by atoms with Crippen LogP contribution in [0.4, 0.5) is 11.4 Å². The number of phenolic OH excluding ortho intramolecular Hbond substituents is 1. The van der Waals surface area contributed by atoms with Gasteiger partial charge in [-0.05, 0) is 66.4 Å². The van der Waals surface area contributed by atoms with Gasteiger partial charge in [-0.3, -0.25) is 14.4 Å². The van der Waals surface area contributed by atoms with Crippen LogP contribution in [0, 0.1) is 0 Å². The normalized spacial score (nSPS) is 13.2. The maximum atomic E-state index is 13.7. The van der Waals surface area contributed by atoms with E-state index < -0.39 is 11.8 Å². The first-order valence-corrected chi connectivity index (χ1v) is 13.1. The van der Waals surface area contributed by atoms with E-state index in [2.05, 4.69) is 42.9 Å². The molecule has 2 N–H and O–H groups in total. The molecule has 204 valence electrons. The average molecular weight is 546 g/mol. The van der Waals surface area contributed by atoms with Crippen LogP contribution >= 0.6 is 0 Å². The Hall–Kier alpha value is -5.31. The minimum atomic E-state index is -0.487. The predicted molar refractivity (Wildman–Crippen MR) is 158 cm³/mol. The zero-order valence-electron chi connectivity index (χ0n) is 23.0. The first-order valence-electron chi connectivity index (χ1n) is 13.1. The second-order valence-electron chi connectivity index (χ2n) is 11.2. The minimum absolute atomic E-state index is 0.0310. The summed E-state index contributed by atoms with van der Waals surface area (Å²) in [6, 6.07) is 18.7. The van der Waals surface area contributed by atoms with Crippen LogP contribution in [0.5, 0.6) is 5.75 Å². The van der Waals surface area contributed by atoms with Crippen LogP contribution < -0.4 is 10.2 Å². The average Bonchev–Trinajstić information content (AvgIpc) is 3.35. The Kier molecular flexibility index (Phi) is 5.77. The highest BCUT2D eigenvalue weighted by molar-refractivity contribution is 6.36. The van der Waals surface area contributed by atoms with Crippen molar-refractivity contribution in [1.82, 2.24) is 15.0 Å². The quantitative estimate of drug-likeness (QED) is 0.215. The molecule has 2 heterocycles. The van der Waals surface area contributed by atoms with E-state index in [1.165, 1.54) is 4.80 Å². The molecule has 0 spiro atoms. The number of hydrogen-bond donors (Lipinski definition) is 2. The van der Waals surface area contributed by atoms with E-state index >= 15 is 0 Å². The molecule has 1 aliphatic rings. The van der Waals surface area contributed by atoms with Gasteiger partial charge in [-0.1, -0.05) is 45.5 Å². The van der Waals surface area contributed by atoms with Crippen LogP contribution in [0.25, 0.3) is 27.5 Å². The van der Waals surface area contributed by atoms with E-state index in [0.717, 1.165) is 10.5 Å². The highest BCUT2D eigenvalue weighted by atomic mass is 16.3. The van der Waals surface area contributed by atoms with E-state index in [0.29, 0.717) is 55.6 Å². The number of nitrogens with zero attached hydrogens (tertiary/aromatic N) is 4. The lowest BCUT2D eigenvalue weighted by molar-refractivity contribution is -0.112. The van der Waals surface area contributed by atoms with E-state index in [4.69, 9.17) is 0 Å². The maximum Gasteiger partial charge on any atom is 0.265 e. The number of fused-ring (bicyclic) bond motifs is 1. The number of benzene rings is 4. The van der Waals surface area contributed by atoms with Gasteiger partial charge in [0.15, 0.2) is 0 Å². The molecule has 6 rings (SSSR count). The van der Waals surface area contributed by atoms with Crippen molar-refractivity contribution in [2.45, 2.75) is 33.1 Å². The first-order chi connectivity index (χ1) is 19.4. The van der Waals surface area contributed by atoms with Gasteiger partial charge in [0.25, 0.3) is 17.7 Å². The molecule has 9 nitrogen and oxygen atoms in total. The van der Waals surface area contributed by atoms with Crippen LogP contribution in [-0.2, 0) is 10.2 Å². The highest BCUT2D eigenvalue weighted by Crippen LogP contribution is 2.37. The summed E-state index contributed by atoms with van der Waals surface area (Å²) < 4.78 is 0. The van der Waals surface area contributed by atoms with Crippen molar-refractivity contribution < 1.29 is 19.5 Å². The van der Waals surface area contributed by atoms with Crippen molar-refractivity contribution in [3.63, 3.8) is 0 Å². The molecule has 3 amide bonds. The molecule has 5 aromatic rings. The third-order valence-corrected chi connectivity index (χ3v) is 7.22. The van der Waals surface area contributed by atoms with Gasteiger partial charge in [-0.2, -0.15) is 0 Å². The summed E-state index contributed by atoms with van der Waals surface area (Å²) in [5, 5.41) is 23.5. The maximum absolute atomic E-state index is 13.7. The number of carbonyl (C=O) groups excluding carboxylic acids is 3. The Morgan fingerprint density at radius 2 is 1.61 bits per heavy atom. The van der Waals surface area contributed by atoms with Crippen LogP contribution in [0.3, 0.4) is 0 Å². The van der Waals surface area contributed by atoms with Gasteiger partial charge in [-0.25, -0.2) is 4.90 Å². The van der Waals surface area contributed by atoms with Crippen molar-refractivity contribution >= 4 is 50.9 Å². The molecule has 0 saturated heterocycles. The van der Waals surface area contributed by atoms with E-state index in [1.807, 2.05) is 12.1 Å². The topological polar surface area (TPSA) is 117 Å². The summed E-state index contributed by atoms with van der Waals surface area (Å²) in [6.07, 6.45) is 0. The number of rotatable bonds is 4. The SMILES string of the molecule is C=C(C)C(=O)Nc1ccc2c3c(cccc13)C(=O)N(c1ccc3nn(-c4cc(C(C)(C)C)ccc4O)nc3c1)C2=O. The van der Waals surface area contributed by atoms with Gasteiger partial charge in [-0.15, -0.1) is 15.0 Å². The number of imide groups is 1. The summed E-state index contributed by atoms with van der Waals surface area (Å²) in [5.74, 6) is -1.29. The van der Waals surface area contributed by atoms with Crippen LogP contribution in [-0.4, -0.2) is 37.8 Å². The summed E-state index contributed by atoms with van der Waals surface area (Å²) in [4.78, 5) is 42.2. The highest BCUT2D eigenvalue weighted by Gasteiger charge is 2.35. The van der Waals surface area contributed by atoms with Crippen molar-refractivity contribution in [2.75, 3.05) is 10.2 Å². The Bertz CT molecular complexity index is 1940. The van der Waals surface area contributed by atoms with Crippen molar-refractivity contribution in [2.24, 2.45) is 0 Å². The Balaban J connectivity index is 1.41. The third-order valence-electron chi connectivity index (χ3n) is 7.22. The lowest BCUT2D eigenvalue weighted by Crippen LogP contribution is -2.40. The number of amides is 3. The summed E-state index contributed by atoms with van der Waals surface area (Å²) in [5.41, 5.74) is 4.13. The molecule has 0 unspecified atom stereocenters. The molecule has 0 fully saturated rings. The van der Waals surface area contributed by atoms with Crippen molar-refractivity contribution in [3.8, 4) is 11.4 Å². The number of aromatic nitrogens is 3. The molecule has 0 radical (unpaired) electrons. The number of phenols is 1. The van der Waals surface area contributed by atoms with Gasteiger partial charge >= 0.3 is 0 Å². The second kappa shape index (κ2) is 9.12. The van der Waals surface area contributed by atoms with Crippen LogP contribution in [0.1, 0.15) is 54.0 Å². The van der Waals surface area contributed by atoms with Crippen LogP contribution in [0.15, 0.2) is 78.9 Å². The molecular weight excluding hydrogens is 518 g/mol. The number of nitrogens with one attached hydrogen (secondary N) is 1. The first kappa shape index (κ1) is 25.9. The van der Waals surface area contributed by atoms with E-state index in [-0.39, 0.29) is 17.1 Å². The molecule has 0 bridgehead atoms. The molecular formula is C32H27N5O4. The van der Waals surface area contributed by atoms with Gasteiger partial charge in [0.05, 0.1) is 5.69 Å². The summed E-state index contributed by atoms with van der Waals surface area (Å²) in [6.45, 7) is 11.5. The fraction of sp³-hybridized carbons (Fsp3) is 0.156. The minimum Gasteiger partial charge on any atom is -0.506 e. The summed E-state index contributed by atoms with van der Waals surface area (Å²) in [7, 11) is 0. The monoisotopic (exact) mass is 545 g/mol. The van der Waals surface area contributed by atoms with Gasteiger partial charge in [0.2, 0.25) is 0 Å². The Morgan fingerprint density at radius 1 is 0.902 bits per heavy atom. The van der Waals surface area contributed by atoms with Gasteiger partial charge < -0.3 is 10.4 Å². The van der Waals surface area contributed by atoms with Gasteiger partial charge in [0.1, 0.15) is 22.5 Å². The van der Waals surface area contributed by atoms with E-state index in [9.17, 15) is 19.5 Å². The molecule has 0 saturated carbocycles. The molecule has 0 aliphatic carbocycles. The third kappa shape index (κ3) is 4.22. The number of aromatic hydroxyl groups is 1. The lowest BCUT2D eigenvalue weighted by Gasteiger charge is -2.27. The lowest BCUT2D eigenvalue weighted by atomic mass is 9.87. The molecule has 0 atom stereocenters. The number of anilines is 2. The molecule has 1 aromatic heterocycles. The molecule has 1 aliphatic heterocycles. The smallest absolute Gasteiger partial charge is 0.265 e. The van der Waals surface area contributed by atoms with Gasteiger partial charge in [0, 0.05) is 33.2 Å². The van der Waals surface area contributed by atoms with Crippen molar-refractivity contribution in [3.05, 3.63) is 95.6 Å². The molecule has 4 aromatic carbocycles. The Morgan fingerprint density at radius 3 is 2.32 bits per heavy atom. The van der Waals surface area contributed by atoms with Crippen LogP contribution in [0.2, 0.25) is 0 Å². The zero-order valence-corrected chi connectivity index (χ0v) is 23.0.